The molecule has 0 aliphatic heterocycles. The Morgan fingerprint density at radius 1 is 0.903 bits per heavy atom. The molecule has 1 rings (SSSR count). The molecule has 0 amide bonds. The van der Waals surface area contributed by atoms with Crippen molar-refractivity contribution in [2.24, 2.45) is 0 Å². The van der Waals surface area contributed by atoms with E-state index in [9.17, 15) is 14.7 Å². The molecule has 2 N–H and O–H groups in total. The van der Waals surface area contributed by atoms with Gasteiger partial charge in [0.2, 0.25) is 0 Å². The zero-order valence-electron chi connectivity index (χ0n) is 19.5. The monoisotopic (exact) mass is 438 g/mol. The van der Waals surface area contributed by atoms with Crippen LogP contribution < -0.4 is 0 Å². The molecule has 0 radical (unpaired) electrons. The van der Waals surface area contributed by atoms with E-state index in [4.69, 9.17) is 19.3 Å². The van der Waals surface area contributed by atoms with Gasteiger partial charge in [-0.05, 0) is 56.9 Å². The van der Waals surface area contributed by atoms with E-state index in [1.165, 1.54) is 24.3 Å². The smallest absolute Gasteiger partial charge is 0.338 e. The first-order valence-electron chi connectivity index (χ1n) is 11.1. The minimum absolute atomic E-state index is 0.154. The first kappa shape index (κ1) is 27.1. The van der Waals surface area contributed by atoms with Crippen LogP contribution in [-0.4, -0.2) is 59.3 Å². The standard InChI is InChI=1S/C24H38O7/c1-6-23(5,7-2)30-15-14-29-21(27)18-10-12-19(13-11-18)22(28)31-24(8-3,9-4)16-20(26)17-25/h10-13,20,25-26H,6-9,14-17H2,1-5H3. The molecular weight excluding hydrogens is 400 g/mol. The maximum Gasteiger partial charge on any atom is 0.338 e. The molecule has 7 heteroatoms. The Morgan fingerprint density at radius 2 is 1.42 bits per heavy atom. The van der Waals surface area contributed by atoms with E-state index in [1.54, 1.807) is 0 Å². The molecule has 0 spiro atoms. The van der Waals surface area contributed by atoms with Crippen LogP contribution in [-0.2, 0) is 14.2 Å². The summed E-state index contributed by atoms with van der Waals surface area (Å²) in [5.74, 6) is -1.03. The van der Waals surface area contributed by atoms with Gasteiger partial charge in [-0.25, -0.2) is 9.59 Å². The molecule has 0 aromatic heterocycles. The lowest BCUT2D eigenvalue weighted by Gasteiger charge is -2.33. The number of esters is 2. The van der Waals surface area contributed by atoms with E-state index in [1.807, 2.05) is 20.8 Å². The largest absolute Gasteiger partial charge is 0.460 e. The van der Waals surface area contributed by atoms with Crippen LogP contribution >= 0.6 is 0 Å². The SMILES string of the molecule is CCC(C)(CC)OCCOC(=O)c1ccc(C(=O)OC(CC)(CC)CC(O)CO)cc1. The minimum Gasteiger partial charge on any atom is -0.460 e. The second kappa shape index (κ2) is 12.8. The van der Waals surface area contributed by atoms with Gasteiger partial charge in [0.15, 0.2) is 0 Å². The summed E-state index contributed by atoms with van der Waals surface area (Å²) in [6.45, 7) is 9.97. The van der Waals surface area contributed by atoms with Crippen molar-refractivity contribution in [2.45, 2.75) is 84.0 Å². The van der Waals surface area contributed by atoms with Gasteiger partial charge in [0.25, 0.3) is 0 Å². The summed E-state index contributed by atoms with van der Waals surface area (Å²) in [4.78, 5) is 24.8. The zero-order valence-corrected chi connectivity index (χ0v) is 19.5. The number of aliphatic hydroxyl groups is 2. The van der Waals surface area contributed by atoms with Gasteiger partial charge in [-0.2, -0.15) is 0 Å². The summed E-state index contributed by atoms with van der Waals surface area (Å²) >= 11 is 0. The van der Waals surface area contributed by atoms with E-state index in [0.29, 0.717) is 30.6 Å². The Balaban J connectivity index is 2.67. The van der Waals surface area contributed by atoms with Crippen LogP contribution in [0, 0.1) is 0 Å². The first-order chi connectivity index (χ1) is 14.7. The van der Waals surface area contributed by atoms with Gasteiger partial charge in [-0.3, -0.25) is 0 Å². The summed E-state index contributed by atoms with van der Waals surface area (Å²) in [5.41, 5.74) is -0.444. The first-order valence-corrected chi connectivity index (χ1v) is 11.1. The van der Waals surface area contributed by atoms with Gasteiger partial charge in [0.05, 0.1) is 36.0 Å². The van der Waals surface area contributed by atoms with Crippen LogP contribution in [0.5, 0.6) is 0 Å². The fourth-order valence-corrected chi connectivity index (χ4v) is 3.18. The second-order valence-electron chi connectivity index (χ2n) is 8.04. The van der Waals surface area contributed by atoms with Gasteiger partial charge in [0.1, 0.15) is 12.2 Å². The number of carbonyl (C=O) groups is 2. The van der Waals surface area contributed by atoms with Crippen molar-refractivity contribution in [1.82, 2.24) is 0 Å². The van der Waals surface area contributed by atoms with Crippen LogP contribution in [0.15, 0.2) is 24.3 Å². The molecule has 0 heterocycles. The normalized spacial score (nSPS) is 13.0. The summed E-state index contributed by atoms with van der Waals surface area (Å²) in [6, 6.07) is 6.06. The summed E-state index contributed by atoms with van der Waals surface area (Å²) < 4.78 is 16.7. The van der Waals surface area contributed by atoms with Crippen molar-refractivity contribution in [3.63, 3.8) is 0 Å². The maximum absolute atomic E-state index is 12.6. The molecule has 0 aliphatic rings. The number of aliphatic hydroxyl groups excluding tert-OH is 2. The van der Waals surface area contributed by atoms with Crippen molar-refractivity contribution in [3.05, 3.63) is 35.4 Å². The molecule has 7 nitrogen and oxygen atoms in total. The third-order valence-electron chi connectivity index (χ3n) is 6.04. The molecule has 1 aromatic rings. The summed E-state index contributed by atoms with van der Waals surface area (Å²) in [6.07, 6.45) is 1.98. The molecule has 0 saturated carbocycles. The fraction of sp³-hybridized carbons (Fsp3) is 0.667. The molecular formula is C24H38O7. The highest BCUT2D eigenvalue weighted by atomic mass is 16.6. The van der Waals surface area contributed by atoms with E-state index in [2.05, 4.69) is 13.8 Å². The highest BCUT2D eigenvalue weighted by Crippen LogP contribution is 2.28. The number of hydrogen-bond donors (Lipinski definition) is 2. The molecule has 0 bridgehead atoms. The van der Waals surface area contributed by atoms with Crippen LogP contribution in [0.4, 0.5) is 0 Å². The highest BCUT2D eigenvalue weighted by molar-refractivity contribution is 5.93. The molecule has 1 aromatic carbocycles. The van der Waals surface area contributed by atoms with Gasteiger partial charge in [-0.15, -0.1) is 0 Å². The number of carbonyl (C=O) groups excluding carboxylic acids is 2. The molecule has 0 aliphatic carbocycles. The third kappa shape index (κ3) is 8.24. The predicted octanol–water partition coefficient (Wildman–Crippen LogP) is 3.90. The molecule has 176 valence electrons. The Labute approximate surface area is 185 Å². The Hall–Kier alpha value is -1.96. The highest BCUT2D eigenvalue weighted by Gasteiger charge is 2.33. The van der Waals surface area contributed by atoms with E-state index in [-0.39, 0.29) is 18.6 Å². The van der Waals surface area contributed by atoms with Crippen LogP contribution in [0.25, 0.3) is 0 Å². The molecule has 1 unspecified atom stereocenters. The summed E-state index contributed by atoms with van der Waals surface area (Å²) in [7, 11) is 0. The number of hydrogen-bond acceptors (Lipinski definition) is 7. The van der Waals surface area contributed by atoms with E-state index >= 15 is 0 Å². The fourth-order valence-electron chi connectivity index (χ4n) is 3.18. The molecule has 1 atom stereocenters. The molecule has 31 heavy (non-hydrogen) atoms. The van der Waals surface area contributed by atoms with Crippen LogP contribution in [0.3, 0.4) is 0 Å². The lowest BCUT2D eigenvalue weighted by molar-refractivity contribution is -0.0553. The molecule has 0 saturated heterocycles. The quantitative estimate of drug-likeness (QED) is 0.335. The predicted molar refractivity (Wildman–Crippen MR) is 118 cm³/mol. The number of benzene rings is 1. The maximum atomic E-state index is 12.6. The van der Waals surface area contributed by atoms with Crippen molar-refractivity contribution >= 4 is 11.9 Å². The second-order valence-corrected chi connectivity index (χ2v) is 8.04. The van der Waals surface area contributed by atoms with Gasteiger partial charge < -0.3 is 24.4 Å². The average Bonchev–Trinajstić information content (AvgIpc) is 2.80. The lowest BCUT2D eigenvalue weighted by atomic mass is 9.90. The Kier molecular flexibility index (Phi) is 11.2. The van der Waals surface area contributed by atoms with Crippen LogP contribution in [0.1, 0.15) is 87.4 Å². The lowest BCUT2D eigenvalue weighted by Crippen LogP contribution is -2.38. The number of rotatable bonds is 14. The topological polar surface area (TPSA) is 102 Å². The average molecular weight is 439 g/mol. The van der Waals surface area contributed by atoms with E-state index in [0.717, 1.165) is 12.8 Å². The van der Waals surface area contributed by atoms with E-state index < -0.39 is 30.3 Å². The van der Waals surface area contributed by atoms with Gasteiger partial charge in [0, 0.05) is 6.42 Å². The summed E-state index contributed by atoms with van der Waals surface area (Å²) in [5, 5.41) is 18.9. The van der Waals surface area contributed by atoms with Crippen molar-refractivity contribution in [1.29, 1.82) is 0 Å². The number of ether oxygens (including phenoxy) is 3. The molecule has 0 fully saturated rings. The van der Waals surface area contributed by atoms with Crippen molar-refractivity contribution in [3.8, 4) is 0 Å². The van der Waals surface area contributed by atoms with Gasteiger partial charge in [-0.1, -0.05) is 27.7 Å². The van der Waals surface area contributed by atoms with Crippen LogP contribution in [0.2, 0.25) is 0 Å². The van der Waals surface area contributed by atoms with Gasteiger partial charge >= 0.3 is 11.9 Å². The third-order valence-corrected chi connectivity index (χ3v) is 6.04. The zero-order chi connectivity index (χ0) is 23.5. The van der Waals surface area contributed by atoms with Crippen molar-refractivity contribution in [2.75, 3.05) is 19.8 Å². The Bertz CT molecular complexity index is 676. The van der Waals surface area contributed by atoms with Crippen molar-refractivity contribution < 1.29 is 34.0 Å². The Morgan fingerprint density at radius 3 is 1.87 bits per heavy atom. The minimum atomic E-state index is -0.957.